The molecule has 10 heteroatoms. The molecule has 2 aromatic carbocycles. The van der Waals surface area contributed by atoms with Crippen molar-refractivity contribution < 1.29 is 27.5 Å². The molecule has 2 aliphatic rings. The fraction of sp³-hybridized carbons (Fsp3) is 0.462. The van der Waals surface area contributed by atoms with E-state index in [1.165, 1.54) is 11.0 Å². The first kappa shape index (κ1) is 26.1. The van der Waals surface area contributed by atoms with E-state index in [0.717, 1.165) is 17.7 Å². The molecule has 0 spiro atoms. The third kappa shape index (κ3) is 5.72. The Kier molecular flexibility index (Phi) is 7.14. The molecule has 2 atom stereocenters. The molecular weight excluding hydrogens is 495 g/mol. The molecule has 0 aromatic heterocycles. The zero-order valence-corrected chi connectivity index (χ0v) is 21.1. The van der Waals surface area contributed by atoms with Gasteiger partial charge in [0.15, 0.2) is 0 Å². The molecule has 2 heterocycles. The smallest absolute Gasteiger partial charge is 0.416 e. The highest BCUT2D eigenvalue weighted by Gasteiger charge is 2.40. The zero-order valence-electron chi connectivity index (χ0n) is 20.4. The predicted molar refractivity (Wildman–Crippen MR) is 130 cm³/mol. The average Bonchev–Trinajstić information content (AvgIpc) is 3.28. The molecule has 1 N–H and O–H groups in total. The lowest BCUT2D eigenvalue weighted by molar-refractivity contribution is -0.138. The Morgan fingerprint density at radius 3 is 2.56 bits per heavy atom. The Bertz CT molecular complexity index is 1140. The van der Waals surface area contributed by atoms with Crippen molar-refractivity contribution in [1.82, 2.24) is 15.1 Å². The molecule has 1 fully saturated rings. The number of amides is 3. The van der Waals surface area contributed by atoms with E-state index < -0.39 is 35.5 Å². The lowest BCUT2D eigenvalue weighted by atomic mass is 9.89. The maximum Gasteiger partial charge on any atom is 0.416 e. The number of hydrogen-bond donors (Lipinski definition) is 1. The molecule has 6 nitrogen and oxygen atoms in total. The zero-order chi connectivity index (χ0) is 26.3. The summed E-state index contributed by atoms with van der Waals surface area (Å²) < 4.78 is 45.5. The molecule has 0 saturated carbocycles. The number of ether oxygens (including phenoxy) is 1. The summed E-state index contributed by atoms with van der Waals surface area (Å²) in [5.74, 6) is -0.0664. The van der Waals surface area contributed by atoms with E-state index in [2.05, 4.69) is 5.32 Å². The number of benzene rings is 2. The van der Waals surface area contributed by atoms with Crippen molar-refractivity contribution in [2.75, 3.05) is 13.6 Å². The molecule has 4 rings (SSSR count). The van der Waals surface area contributed by atoms with Crippen molar-refractivity contribution in [3.63, 3.8) is 0 Å². The summed E-state index contributed by atoms with van der Waals surface area (Å²) in [6.07, 6.45) is -2.90. The number of hydrogen-bond acceptors (Lipinski definition) is 3. The van der Waals surface area contributed by atoms with Crippen LogP contribution in [0, 0.1) is 0 Å². The Balaban J connectivity index is 1.48. The summed E-state index contributed by atoms with van der Waals surface area (Å²) in [6.45, 7) is 4.33. The first-order chi connectivity index (χ1) is 16.8. The van der Waals surface area contributed by atoms with Crippen LogP contribution in [0.25, 0.3) is 0 Å². The number of rotatable bonds is 4. The third-order valence-electron chi connectivity index (χ3n) is 6.60. The van der Waals surface area contributed by atoms with E-state index >= 15 is 0 Å². The number of nitrogens with zero attached hydrogens (tertiary/aromatic N) is 2. The third-order valence-corrected chi connectivity index (χ3v) is 6.86. The Morgan fingerprint density at radius 2 is 1.89 bits per heavy atom. The van der Waals surface area contributed by atoms with E-state index in [9.17, 15) is 22.8 Å². The fourth-order valence-corrected chi connectivity index (χ4v) is 4.98. The summed E-state index contributed by atoms with van der Waals surface area (Å²) in [4.78, 5) is 29.6. The first-order valence-corrected chi connectivity index (χ1v) is 12.2. The van der Waals surface area contributed by atoms with Gasteiger partial charge in [0.25, 0.3) is 0 Å². The topological polar surface area (TPSA) is 61.9 Å². The van der Waals surface area contributed by atoms with Crippen LogP contribution in [-0.4, -0.2) is 47.0 Å². The van der Waals surface area contributed by atoms with E-state index in [1.807, 2.05) is 12.1 Å². The van der Waals surface area contributed by atoms with Crippen LogP contribution >= 0.6 is 11.6 Å². The predicted octanol–water partition coefficient (Wildman–Crippen LogP) is 5.79. The van der Waals surface area contributed by atoms with Crippen LogP contribution < -0.4 is 10.1 Å². The van der Waals surface area contributed by atoms with Gasteiger partial charge in [-0.1, -0.05) is 29.8 Å². The van der Waals surface area contributed by atoms with E-state index in [4.69, 9.17) is 16.3 Å². The van der Waals surface area contributed by atoms with Crippen molar-refractivity contribution in [3.05, 3.63) is 64.2 Å². The van der Waals surface area contributed by atoms with Gasteiger partial charge in [-0.3, -0.25) is 4.79 Å². The minimum Gasteiger partial charge on any atom is -0.487 e. The van der Waals surface area contributed by atoms with Crippen LogP contribution in [0.3, 0.4) is 0 Å². The molecule has 0 aliphatic carbocycles. The highest BCUT2D eigenvalue weighted by molar-refractivity contribution is 6.30. The quantitative estimate of drug-likeness (QED) is 0.551. The maximum atomic E-state index is 13.3. The average molecular weight is 524 g/mol. The van der Waals surface area contributed by atoms with Gasteiger partial charge in [-0.05, 0) is 56.5 Å². The molecule has 3 amide bonds. The number of fused-ring (bicyclic) bond motifs is 1. The van der Waals surface area contributed by atoms with Gasteiger partial charge in [-0.15, -0.1) is 0 Å². The van der Waals surface area contributed by atoms with Gasteiger partial charge in [-0.2, -0.15) is 13.2 Å². The first-order valence-electron chi connectivity index (χ1n) is 11.8. The Labute approximate surface area is 213 Å². The summed E-state index contributed by atoms with van der Waals surface area (Å²) in [6, 6.07) is 8.95. The van der Waals surface area contributed by atoms with Crippen LogP contribution in [0.15, 0.2) is 42.5 Å². The lowest BCUT2D eigenvalue weighted by Gasteiger charge is -2.39. The second kappa shape index (κ2) is 9.84. The lowest BCUT2D eigenvalue weighted by Crippen LogP contribution is -2.51. The SMILES string of the molecule is CN(Cc1ccc(Cl)cc1)C(=O)C1CCCN1C(=O)NC1CC(C)(C)Oc2cc(C(F)(F)F)ccc21. The van der Waals surface area contributed by atoms with Crippen molar-refractivity contribution in [1.29, 1.82) is 0 Å². The van der Waals surface area contributed by atoms with E-state index in [0.29, 0.717) is 42.9 Å². The van der Waals surface area contributed by atoms with Crippen LogP contribution in [-0.2, 0) is 17.5 Å². The number of carbonyl (C=O) groups is 2. The van der Waals surface area contributed by atoms with Crippen molar-refractivity contribution in [2.24, 2.45) is 0 Å². The normalized spacial score (nSPS) is 20.9. The maximum absolute atomic E-state index is 13.3. The molecule has 36 heavy (non-hydrogen) atoms. The largest absolute Gasteiger partial charge is 0.487 e. The van der Waals surface area contributed by atoms with Crippen LogP contribution in [0.1, 0.15) is 55.8 Å². The Morgan fingerprint density at radius 1 is 1.19 bits per heavy atom. The van der Waals surface area contributed by atoms with Crippen LogP contribution in [0.4, 0.5) is 18.0 Å². The van der Waals surface area contributed by atoms with Gasteiger partial charge in [0.05, 0.1) is 11.6 Å². The molecule has 194 valence electrons. The summed E-state index contributed by atoms with van der Waals surface area (Å²) in [5, 5.41) is 3.56. The minimum absolute atomic E-state index is 0.100. The van der Waals surface area contributed by atoms with Gasteiger partial charge in [-0.25, -0.2) is 4.79 Å². The van der Waals surface area contributed by atoms with Crippen LogP contribution in [0.2, 0.25) is 5.02 Å². The van der Waals surface area contributed by atoms with Gasteiger partial charge < -0.3 is 19.9 Å². The van der Waals surface area contributed by atoms with Crippen molar-refractivity contribution >= 4 is 23.5 Å². The standard InChI is InChI=1S/C26H29ClF3N3O3/c1-25(2)14-20(19-11-8-17(26(28,29)30)13-22(19)36-25)31-24(35)33-12-4-5-21(33)23(34)32(3)15-16-6-9-18(27)10-7-16/h6-11,13,20-21H,4-5,12,14-15H2,1-3H3,(H,31,35). The number of carbonyl (C=O) groups excluding carboxylic acids is 2. The number of urea groups is 1. The van der Waals surface area contributed by atoms with Crippen molar-refractivity contribution in [2.45, 2.75) is 63.5 Å². The summed E-state index contributed by atoms with van der Waals surface area (Å²) >= 11 is 5.94. The summed E-state index contributed by atoms with van der Waals surface area (Å²) in [5.41, 5.74) is -0.187. The number of likely N-dealkylation sites (N-methyl/N-ethyl adjacent to an activating group) is 1. The second-order valence-corrected chi connectivity index (χ2v) is 10.4. The number of halogens is 4. The fourth-order valence-electron chi connectivity index (χ4n) is 4.85. The van der Waals surface area contributed by atoms with Crippen molar-refractivity contribution in [3.8, 4) is 5.75 Å². The van der Waals surface area contributed by atoms with E-state index in [-0.39, 0.29) is 11.7 Å². The molecule has 2 aliphatic heterocycles. The van der Waals surface area contributed by atoms with Gasteiger partial charge in [0.1, 0.15) is 17.4 Å². The Hall–Kier alpha value is -2.94. The van der Waals surface area contributed by atoms with Gasteiger partial charge in [0.2, 0.25) is 5.91 Å². The minimum atomic E-state index is -4.50. The number of likely N-dealkylation sites (tertiary alicyclic amines) is 1. The van der Waals surface area contributed by atoms with Gasteiger partial charge >= 0.3 is 12.2 Å². The summed E-state index contributed by atoms with van der Waals surface area (Å²) in [7, 11) is 1.70. The molecule has 0 radical (unpaired) electrons. The number of nitrogens with one attached hydrogen (secondary N) is 1. The molecular formula is C26H29ClF3N3O3. The highest BCUT2D eigenvalue weighted by atomic mass is 35.5. The van der Waals surface area contributed by atoms with Crippen LogP contribution in [0.5, 0.6) is 5.75 Å². The monoisotopic (exact) mass is 523 g/mol. The van der Waals surface area contributed by atoms with E-state index in [1.54, 1.807) is 37.9 Å². The molecule has 1 saturated heterocycles. The number of alkyl halides is 3. The second-order valence-electron chi connectivity index (χ2n) is 9.99. The highest BCUT2D eigenvalue weighted by Crippen LogP contribution is 2.42. The molecule has 0 bridgehead atoms. The molecule has 2 aromatic rings. The van der Waals surface area contributed by atoms with Gasteiger partial charge in [0, 0.05) is 37.1 Å². The molecule has 2 unspecified atom stereocenters.